The van der Waals surface area contributed by atoms with Crippen LogP contribution in [0.15, 0.2) is 0 Å². The molecule has 1 atom stereocenters. The molecule has 3 heteroatoms. The van der Waals surface area contributed by atoms with E-state index in [1.807, 2.05) is 0 Å². The summed E-state index contributed by atoms with van der Waals surface area (Å²) < 4.78 is 0. The lowest BCUT2D eigenvalue weighted by atomic mass is 9.88. The summed E-state index contributed by atoms with van der Waals surface area (Å²) in [5.74, 6) is 0.835. The number of rotatable bonds is 4. The Balaban J connectivity index is 2.21. The third-order valence-corrected chi connectivity index (χ3v) is 5.07. The number of carbonyl (C=O) groups excluding carboxylic acids is 1. The lowest BCUT2D eigenvalue weighted by molar-refractivity contribution is -0.135. The van der Waals surface area contributed by atoms with E-state index in [4.69, 9.17) is 0 Å². The summed E-state index contributed by atoms with van der Waals surface area (Å²) >= 11 is 0. The van der Waals surface area contributed by atoms with Crippen molar-refractivity contribution >= 4 is 5.91 Å². The largest absolute Gasteiger partial charge is 0.325 e. The normalized spacial score (nSPS) is 26.9. The van der Waals surface area contributed by atoms with E-state index in [1.165, 1.54) is 12.8 Å². The van der Waals surface area contributed by atoms with Gasteiger partial charge in [-0.25, -0.2) is 0 Å². The topological polar surface area (TPSA) is 32.3 Å². The Morgan fingerprint density at radius 2 is 1.95 bits per heavy atom. The number of hydrogen-bond donors (Lipinski definition) is 1. The van der Waals surface area contributed by atoms with E-state index in [-0.39, 0.29) is 17.1 Å². The molecule has 1 aliphatic heterocycles. The van der Waals surface area contributed by atoms with Gasteiger partial charge in [-0.3, -0.25) is 10.1 Å². The molecule has 1 spiro atoms. The summed E-state index contributed by atoms with van der Waals surface area (Å²) in [4.78, 5) is 15.0. The predicted molar refractivity (Wildman–Crippen MR) is 78.7 cm³/mol. The van der Waals surface area contributed by atoms with Crippen LogP contribution in [0.25, 0.3) is 0 Å². The van der Waals surface area contributed by atoms with Crippen LogP contribution in [0.2, 0.25) is 0 Å². The molecular weight excluding hydrogens is 236 g/mol. The lowest BCUT2D eigenvalue weighted by Gasteiger charge is -2.34. The number of nitrogens with one attached hydrogen (secondary N) is 1. The van der Waals surface area contributed by atoms with Crippen LogP contribution in [-0.4, -0.2) is 29.1 Å². The fraction of sp³-hybridized carbons (Fsp3) is 0.938. The first-order chi connectivity index (χ1) is 8.81. The molecule has 1 saturated heterocycles. The van der Waals surface area contributed by atoms with Crippen molar-refractivity contribution < 1.29 is 4.79 Å². The minimum atomic E-state index is -0.223. The monoisotopic (exact) mass is 266 g/mol. The summed E-state index contributed by atoms with van der Waals surface area (Å²) in [6.45, 7) is 12.0. The minimum Gasteiger partial charge on any atom is -0.325 e. The van der Waals surface area contributed by atoms with E-state index >= 15 is 0 Å². The molecule has 2 rings (SSSR count). The highest BCUT2D eigenvalue weighted by molar-refractivity contribution is 5.89. The summed E-state index contributed by atoms with van der Waals surface area (Å²) in [5, 5.41) is 3.69. The van der Waals surface area contributed by atoms with Gasteiger partial charge in [0.1, 0.15) is 0 Å². The number of hydrogen-bond acceptors (Lipinski definition) is 2. The Morgan fingerprint density at radius 1 is 1.37 bits per heavy atom. The maximum atomic E-state index is 12.9. The third-order valence-electron chi connectivity index (χ3n) is 5.07. The zero-order valence-corrected chi connectivity index (χ0v) is 13.3. The summed E-state index contributed by atoms with van der Waals surface area (Å²) in [6, 6.07) is 0. The predicted octanol–water partition coefficient (Wildman–Crippen LogP) is 3.15. The van der Waals surface area contributed by atoms with Crippen LogP contribution in [0.3, 0.4) is 0 Å². The molecule has 1 saturated carbocycles. The van der Waals surface area contributed by atoms with Crippen LogP contribution in [0.1, 0.15) is 66.7 Å². The average molecular weight is 266 g/mol. The van der Waals surface area contributed by atoms with Gasteiger partial charge in [-0.1, -0.05) is 47.5 Å². The van der Waals surface area contributed by atoms with Gasteiger partial charge in [0.05, 0.1) is 11.7 Å². The average Bonchev–Trinajstić information content (AvgIpc) is 2.91. The maximum absolute atomic E-state index is 12.9. The molecule has 2 fully saturated rings. The molecule has 0 bridgehead atoms. The Hall–Kier alpha value is -0.570. The molecule has 1 N–H and O–H groups in total. The first-order valence-electron chi connectivity index (χ1n) is 7.90. The molecule has 110 valence electrons. The zero-order valence-electron chi connectivity index (χ0n) is 13.3. The molecular formula is C16H30N2O. The van der Waals surface area contributed by atoms with Gasteiger partial charge in [0.25, 0.3) is 0 Å². The van der Waals surface area contributed by atoms with E-state index < -0.39 is 0 Å². The minimum absolute atomic E-state index is 0.203. The molecule has 1 aliphatic carbocycles. The lowest BCUT2D eigenvalue weighted by Crippen LogP contribution is -2.46. The van der Waals surface area contributed by atoms with Gasteiger partial charge < -0.3 is 4.90 Å². The summed E-state index contributed by atoms with van der Waals surface area (Å²) in [7, 11) is 0. The van der Waals surface area contributed by atoms with Gasteiger partial charge in [0.15, 0.2) is 0 Å². The van der Waals surface area contributed by atoms with Crippen molar-refractivity contribution in [1.82, 2.24) is 10.2 Å². The standard InChI is InChI=1S/C16H30N2O/c1-6-15(4,5)11-18-13(12(2)3)17-16(14(18)19)9-7-8-10-16/h12-13,17H,6-11H2,1-5H3. The van der Waals surface area contributed by atoms with Crippen molar-refractivity contribution in [2.45, 2.75) is 78.4 Å². The molecule has 1 heterocycles. The molecule has 0 radical (unpaired) electrons. The van der Waals surface area contributed by atoms with Crippen molar-refractivity contribution in [2.24, 2.45) is 11.3 Å². The van der Waals surface area contributed by atoms with E-state index in [2.05, 4.69) is 44.8 Å². The SMILES string of the molecule is CCC(C)(C)CN1C(=O)C2(CCCC2)NC1C(C)C. The van der Waals surface area contributed by atoms with Crippen molar-refractivity contribution in [2.75, 3.05) is 6.54 Å². The number of nitrogens with zero attached hydrogens (tertiary/aromatic N) is 1. The molecule has 0 aromatic carbocycles. The second-order valence-corrected chi connectivity index (χ2v) is 7.57. The van der Waals surface area contributed by atoms with E-state index in [9.17, 15) is 4.79 Å². The van der Waals surface area contributed by atoms with Gasteiger partial charge >= 0.3 is 0 Å². The smallest absolute Gasteiger partial charge is 0.244 e. The van der Waals surface area contributed by atoms with Gasteiger partial charge in [0.2, 0.25) is 5.91 Å². The van der Waals surface area contributed by atoms with E-state index in [0.29, 0.717) is 11.8 Å². The van der Waals surface area contributed by atoms with Crippen LogP contribution in [0.4, 0.5) is 0 Å². The molecule has 19 heavy (non-hydrogen) atoms. The second kappa shape index (κ2) is 5.08. The molecule has 0 aromatic heterocycles. The molecule has 2 aliphatic rings. The number of amides is 1. The first-order valence-corrected chi connectivity index (χ1v) is 7.90. The van der Waals surface area contributed by atoms with Gasteiger partial charge in [0, 0.05) is 6.54 Å². The van der Waals surface area contributed by atoms with E-state index in [0.717, 1.165) is 25.8 Å². The number of carbonyl (C=O) groups is 1. The van der Waals surface area contributed by atoms with Crippen molar-refractivity contribution in [3.63, 3.8) is 0 Å². The summed E-state index contributed by atoms with van der Waals surface area (Å²) in [5.41, 5.74) is -0.0205. The quantitative estimate of drug-likeness (QED) is 0.848. The Bertz CT molecular complexity index is 343. The van der Waals surface area contributed by atoms with Crippen LogP contribution in [0, 0.1) is 11.3 Å². The highest BCUT2D eigenvalue weighted by Crippen LogP contribution is 2.39. The second-order valence-electron chi connectivity index (χ2n) is 7.57. The summed E-state index contributed by atoms with van der Waals surface area (Å²) in [6.07, 6.45) is 5.75. The zero-order chi connectivity index (χ0) is 14.3. The molecule has 0 aromatic rings. The van der Waals surface area contributed by atoms with Crippen molar-refractivity contribution in [1.29, 1.82) is 0 Å². The van der Waals surface area contributed by atoms with Crippen molar-refractivity contribution in [3.8, 4) is 0 Å². The maximum Gasteiger partial charge on any atom is 0.244 e. The molecule has 1 unspecified atom stereocenters. The third kappa shape index (κ3) is 2.67. The molecule has 1 amide bonds. The van der Waals surface area contributed by atoms with Crippen LogP contribution in [0.5, 0.6) is 0 Å². The molecule has 3 nitrogen and oxygen atoms in total. The van der Waals surface area contributed by atoms with Gasteiger partial charge in [-0.05, 0) is 30.6 Å². The highest BCUT2D eigenvalue weighted by atomic mass is 16.2. The highest BCUT2D eigenvalue weighted by Gasteiger charge is 2.53. The Labute approximate surface area is 118 Å². The van der Waals surface area contributed by atoms with Crippen LogP contribution < -0.4 is 5.32 Å². The Kier molecular flexibility index (Phi) is 3.97. The van der Waals surface area contributed by atoms with Gasteiger partial charge in [-0.2, -0.15) is 0 Å². The van der Waals surface area contributed by atoms with E-state index in [1.54, 1.807) is 0 Å². The van der Waals surface area contributed by atoms with Crippen LogP contribution >= 0.6 is 0 Å². The fourth-order valence-corrected chi connectivity index (χ4v) is 3.43. The van der Waals surface area contributed by atoms with Crippen molar-refractivity contribution in [3.05, 3.63) is 0 Å². The Morgan fingerprint density at radius 3 is 2.42 bits per heavy atom. The van der Waals surface area contributed by atoms with Gasteiger partial charge in [-0.15, -0.1) is 0 Å². The van der Waals surface area contributed by atoms with Crippen LogP contribution in [-0.2, 0) is 4.79 Å². The fourth-order valence-electron chi connectivity index (χ4n) is 3.43. The first kappa shape index (κ1) is 14.8.